The summed E-state index contributed by atoms with van der Waals surface area (Å²) in [6, 6.07) is 10.3. The highest BCUT2D eigenvalue weighted by molar-refractivity contribution is 5.91. The number of amides is 1. The van der Waals surface area contributed by atoms with Crippen LogP contribution in [0.4, 0.5) is 0 Å². The number of rotatable bonds is 5. The van der Waals surface area contributed by atoms with Crippen LogP contribution in [0.3, 0.4) is 0 Å². The minimum atomic E-state index is -0.271. The summed E-state index contributed by atoms with van der Waals surface area (Å²) in [5.74, 6) is 0.765. The van der Waals surface area contributed by atoms with E-state index in [1.165, 1.54) is 25.7 Å². The fourth-order valence-electron chi connectivity index (χ4n) is 3.56. The minimum Gasteiger partial charge on any atom is -0.351 e. The van der Waals surface area contributed by atoms with Gasteiger partial charge in [0.2, 0.25) is 5.91 Å². The molecule has 0 spiro atoms. The molecule has 1 aromatic carbocycles. The summed E-state index contributed by atoms with van der Waals surface area (Å²) < 4.78 is 0. The summed E-state index contributed by atoms with van der Waals surface area (Å²) in [4.78, 5) is 12.7. The quantitative estimate of drug-likeness (QED) is 0.864. The van der Waals surface area contributed by atoms with Crippen molar-refractivity contribution >= 4 is 5.91 Å². The molecule has 0 aromatic heterocycles. The average molecular weight is 272 g/mol. The van der Waals surface area contributed by atoms with Crippen molar-refractivity contribution in [2.45, 2.75) is 50.0 Å². The van der Waals surface area contributed by atoms with Gasteiger partial charge in [-0.25, -0.2) is 0 Å². The molecular weight excluding hydrogens is 248 g/mol. The Morgan fingerprint density at radius 2 is 1.90 bits per heavy atom. The summed E-state index contributed by atoms with van der Waals surface area (Å²) in [6.45, 7) is 0.557. The third kappa shape index (κ3) is 2.47. The van der Waals surface area contributed by atoms with Crippen LogP contribution in [0.5, 0.6) is 0 Å². The van der Waals surface area contributed by atoms with E-state index >= 15 is 0 Å². The van der Waals surface area contributed by atoms with E-state index < -0.39 is 0 Å². The molecule has 1 atom stereocenters. The molecule has 3 rings (SSSR count). The van der Waals surface area contributed by atoms with Crippen LogP contribution in [-0.4, -0.2) is 18.5 Å². The van der Waals surface area contributed by atoms with E-state index in [0.29, 0.717) is 12.5 Å². The topological polar surface area (TPSA) is 55.1 Å². The van der Waals surface area contributed by atoms with Gasteiger partial charge in [-0.1, -0.05) is 43.2 Å². The molecule has 108 valence electrons. The van der Waals surface area contributed by atoms with Gasteiger partial charge in [-0.15, -0.1) is 0 Å². The van der Waals surface area contributed by atoms with Crippen molar-refractivity contribution < 1.29 is 4.79 Å². The predicted octanol–water partition coefficient (Wildman–Crippen LogP) is 2.35. The Labute approximate surface area is 120 Å². The SMILES string of the molecule is NCC(NC(=O)C1(c2ccccc2)CC1)C1CCCC1. The Morgan fingerprint density at radius 1 is 1.25 bits per heavy atom. The van der Waals surface area contributed by atoms with Crippen LogP contribution in [0.1, 0.15) is 44.1 Å². The van der Waals surface area contributed by atoms with Crippen LogP contribution >= 0.6 is 0 Å². The van der Waals surface area contributed by atoms with Crippen molar-refractivity contribution in [3.8, 4) is 0 Å². The van der Waals surface area contributed by atoms with Crippen LogP contribution in [0.2, 0.25) is 0 Å². The molecule has 2 aliphatic rings. The predicted molar refractivity (Wildman–Crippen MR) is 80.3 cm³/mol. The molecule has 2 saturated carbocycles. The molecule has 3 N–H and O–H groups in total. The van der Waals surface area contributed by atoms with Crippen molar-refractivity contribution in [1.82, 2.24) is 5.32 Å². The van der Waals surface area contributed by atoms with E-state index in [9.17, 15) is 4.79 Å². The molecule has 1 aromatic rings. The molecule has 0 bridgehead atoms. The minimum absolute atomic E-state index is 0.159. The van der Waals surface area contributed by atoms with Gasteiger partial charge in [-0.3, -0.25) is 4.79 Å². The number of carbonyl (C=O) groups excluding carboxylic acids is 1. The third-order valence-electron chi connectivity index (χ3n) is 5.05. The van der Waals surface area contributed by atoms with Crippen molar-refractivity contribution in [1.29, 1.82) is 0 Å². The molecule has 0 saturated heterocycles. The Bertz CT molecular complexity index is 461. The van der Waals surface area contributed by atoms with Gasteiger partial charge in [0.25, 0.3) is 0 Å². The average Bonchev–Trinajstić information content (AvgIpc) is 3.14. The lowest BCUT2D eigenvalue weighted by molar-refractivity contribution is -0.124. The van der Waals surface area contributed by atoms with Crippen LogP contribution in [0.25, 0.3) is 0 Å². The first-order valence-electron chi connectivity index (χ1n) is 7.83. The van der Waals surface area contributed by atoms with E-state index in [1.807, 2.05) is 18.2 Å². The second kappa shape index (κ2) is 5.57. The van der Waals surface area contributed by atoms with Gasteiger partial charge in [-0.05, 0) is 37.2 Å². The zero-order valence-electron chi connectivity index (χ0n) is 12.0. The van der Waals surface area contributed by atoms with Gasteiger partial charge in [-0.2, -0.15) is 0 Å². The summed E-state index contributed by atoms with van der Waals surface area (Å²) in [6.07, 6.45) is 6.90. The van der Waals surface area contributed by atoms with Crippen molar-refractivity contribution in [2.24, 2.45) is 11.7 Å². The second-order valence-electron chi connectivity index (χ2n) is 6.31. The maximum Gasteiger partial charge on any atom is 0.230 e. The lowest BCUT2D eigenvalue weighted by atomic mass is 9.92. The van der Waals surface area contributed by atoms with Crippen LogP contribution in [0, 0.1) is 5.92 Å². The summed E-state index contributed by atoms with van der Waals surface area (Å²) in [5, 5.41) is 3.25. The maximum atomic E-state index is 12.7. The fourth-order valence-corrected chi connectivity index (χ4v) is 3.56. The van der Waals surface area contributed by atoms with Gasteiger partial charge in [0.05, 0.1) is 5.41 Å². The monoisotopic (exact) mass is 272 g/mol. The second-order valence-corrected chi connectivity index (χ2v) is 6.31. The number of carbonyl (C=O) groups is 1. The molecular formula is C17H24N2O. The number of nitrogens with two attached hydrogens (primary N) is 1. The summed E-state index contributed by atoms with van der Waals surface area (Å²) >= 11 is 0. The van der Waals surface area contributed by atoms with E-state index in [0.717, 1.165) is 18.4 Å². The first kappa shape index (κ1) is 13.6. The molecule has 2 aliphatic carbocycles. The Morgan fingerprint density at radius 3 is 2.45 bits per heavy atom. The summed E-state index contributed by atoms with van der Waals surface area (Å²) in [5.41, 5.74) is 6.77. The summed E-state index contributed by atoms with van der Waals surface area (Å²) in [7, 11) is 0. The first-order chi connectivity index (χ1) is 9.76. The van der Waals surface area contributed by atoms with Gasteiger partial charge in [0.15, 0.2) is 0 Å². The highest BCUT2D eigenvalue weighted by Gasteiger charge is 2.51. The molecule has 0 heterocycles. The van der Waals surface area contributed by atoms with E-state index in [4.69, 9.17) is 5.73 Å². The smallest absolute Gasteiger partial charge is 0.230 e. The van der Waals surface area contributed by atoms with Crippen molar-refractivity contribution in [3.63, 3.8) is 0 Å². The number of nitrogens with one attached hydrogen (secondary N) is 1. The lowest BCUT2D eigenvalue weighted by Gasteiger charge is -2.26. The fraction of sp³-hybridized carbons (Fsp3) is 0.588. The first-order valence-corrected chi connectivity index (χ1v) is 7.83. The Hall–Kier alpha value is -1.35. The highest BCUT2D eigenvalue weighted by atomic mass is 16.2. The number of hydrogen-bond acceptors (Lipinski definition) is 2. The van der Waals surface area contributed by atoms with E-state index in [1.54, 1.807) is 0 Å². The van der Waals surface area contributed by atoms with Gasteiger partial charge in [0.1, 0.15) is 0 Å². The lowest BCUT2D eigenvalue weighted by Crippen LogP contribution is -2.48. The molecule has 0 aliphatic heterocycles. The van der Waals surface area contributed by atoms with Gasteiger partial charge >= 0.3 is 0 Å². The van der Waals surface area contributed by atoms with Gasteiger partial charge in [0, 0.05) is 12.6 Å². The van der Waals surface area contributed by atoms with E-state index in [2.05, 4.69) is 17.4 Å². The molecule has 2 fully saturated rings. The molecule has 1 amide bonds. The van der Waals surface area contributed by atoms with Crippen molar-refractivity contribution in [2.75, 3.05) is 6.54 Å². The molecule has 3 heteroatoms. The number of hydrogen-bond donors (Lipinski definition) is 2. The maximum absolute atomic E-state index is 12.7. The highest BCUT2D eigenvalue weighted by Crippen LogP contribution is 2.48. The molecule has 20 heavy (non-hydrogen) atoms. The molecule has 3 nitrogen and oxygen atoms in total. The standard InChI is InChI=1S/C17H24N2O/c18-12-15(13-6-4-5-7-13)19-16(20)17(10-11-17)14-8-2-1-3-9-14/h1-3,8-9,13,15H,4-7,10-12,18H2,(H,19,20). The van der Waals surface area contributed by atoms with E-state index in [-0.39, 0.29) is 17.4 Å². The van der Waals surface area contributed by atoms with Crippen molar-refractivity contribution in [3.05, 3.63) is 35.9 Å². The van der Waals surface area contributed by atoms with Crippen LogP contribution in [-0.2, 0) is 10.2 Å². The molecule has 0 radical (unpaired) electrons. The number of benzene rings is 1. The largest absolute Gasteiger partial charge is 0.351 e. The third-order valence-corrected chi connectivity index (χ3v) is 5.05. The molecule has 1 unspecified atom stereocenters. The zero-order chi connectivity index (χ0) is 14.0. The normalized spacial score (nSPS) is 22.4. The Balaban J connectivity index is 1.69. The van der Waals surface area contributed by atoms with Gasteiger partial charge < -0.3 is 11.1 Å². The van der Waals surface area contributed by atoms with Crippen LogP contribution < -0.4 is 11.1 Å². The zero-order valence-corrected chi connectivity index (χ0v) is 12.0. The van der Waals surface area contributed by atoms with Crippen LogP contribution in [0.15, 0.2) is 30.3 Å². The Kier molecular flexibility index (Phi) is 3.79.